The number of benzene rings is 1. The third kappa shape index (κ3) is 4.63. The molecule has 0 N–H and O–H groups in total. The summed E-state index contributed by atoms with van der Waals surface area (Å²) < 4.78 is 25.6. The minimum Gasteiger partial charge on any atom is -0.335 e. The molecule has 156 valence electrons. The highest BCUT2D eigenvalue weighted by atomic mass is 32.2. The zero-order chi connectivity index (χ0) is 20.4. The second kappa shape index (κ2) is 8.43. The van der Waals surface area contributed by atoms with Crippen molar-refractivity contribution < 1.29 is 13.2 Å². The Balaban J connectivity index is 1.48. The molecule has 1 aromatic heterocycles. The lowest BCUT2D eigenvalue weighted by molar-refractivity contribution is -0.132. The van der Waals surface area contributed by atoms with E-state index in [9.17, 15) is 13.2 Å². The summed E-state index contributed by atoms with van der Waals surface area (Å²) in [5, 5.41) is 12.4. The van der Waals surface area contributed by atoms with Gasteiger partial charge >= 0.3 is 0 Å². The monoisotopic (exact) mass is 435 g/mol. The molecule has 2 aliphatic rings. The van der Waals surface area contributed by atoms with E-state index in [4.69, 9.17) is 0 Å². The van der Waals surface area contributed by atoms with E-state index >= 15 is 0 Å². The van der Waals surface area contributed by atoms with Gasteiger partial charge in [-0.3, -0.25) is 4.79 Å². The maximum atomic E-state index is 13.2. The number of carbonyl (C=O) groups is 1. The molecule has 1 saturated carbocycles. The molecule has 1 aliphatic heterocycles. The fraction of sp³-hybridized carbons (Fsp3) is 0.579. The van der Waals surface area contributed by atoms with Crippen molar-refractivity contribution in [2.75, 3.05) is 17.3 Å². The molecule has 2 aromatic rings. The zero-order valence-corrected chi connectivity index (χ0v) is 18.0. The number of carbonyl (C=O) groups excluding carboxylic acids is 1. The highest BCUT2D eigenvalue weighted by Gasteiger charge is 2.39. The number of amides is 1. The number of hydrogen-bond donors (Lipinski definition) is 0. The lowest BCUT2D eigenvalue weighted by Gasteiger charge is -2.34. The number of nitrogens with zero attached hydrogens (tertiary/aromatic N) is 5. The fourth-order valence-electron chi connectivity index (χ4n) is 4.27. The van der Waals surface area contributed by atoms with Crippen molar-refractivity contribution in [2.24, 2.45) is 0 Å². The fourth-order valence-corrected chi connectivity index (χ4v) is 6.75. The summed E-state index contributed by atoms with van der Waals surface area (Å²) >= 11 is 1.29. The van der Waals surface area contributed by atoms with E-state index in [1.807, 2.05) is 36.1 Å². The van der Waals surface area contributed by atoms with Crippen molar-refractivity contribution >= 4 is 27.5 Å². The molecule has 1 atom stereocenters. The van der Waals surface area contributed by atoms with Crippen LogP contribution in [0.4, 0.5) is 0 Å². The lowest BCUT2D eigenvalue weighted by atomic mass is 10.1. The minimum absolute atomic E-state index is 0.0252. The first kappa shape index (κ1) is 20.3. The Morgan fingerprint density at radius 1 is 1.24 bits per heavy atom. The van der Waals surface area contributed by atoms with Gasteiger partial charge in [-0.25, -0.2) is 8.42 Å². The molecular weight excluding hydrogens is 410 g/mol. The first-order chi connectivity index (χ1) is 13.9. The predicted octanol–water partition coefficient (Wildman–Crippen LogP) is 2.02. The maximum absolute atomic E-state index is 13.2. The quantitative estimate of drug-likeness (QED) is 0.640. The van der Waals surface area contributed by atoms with Crippen LogP contribution in [-0.4, -0.2) is 68.8 Å². The summed E-state index contributed by atoms with van der Waals surface area (Å²) in [6.45, 7) is 2.00. The third-order valence-corrected chi connectivity index (χ3v) is 8.27. The van der Waals surface area contributed by atoms with Gasteiger partial charge in [0.05, 0.1) is 22.9 Å². The summed E-state index contributed by atoms with van der Waals surface area (Å²) in [5.74, 6) is 0.426. The molecule has 2 fully saturated rings. The summed E-state index contributed by atoms with van der Waals surface area (Å²) in [6.07, 6.45) is 4.62. The van der Waals surface area contributed by atoms with Crippen molar-refractivity contribution in [1.82, 2.24) is 25.1 Å². The Morgan fingerprint density at radius 3 is 2.72 bits per heavy atom. The highest BCUT2D eigenvalue weighted by molar-refractivity contribution is 7.99. The average Bonchev–Trinajstić information content (AvgIpc) is 3.42. The molecule has 1 aliphatic carbocycles. The van der Waals surface area contributed by atoms with Crippen molar-refractivity contribution in [1.29, 1.82) is 0 Å². The third-order valence-electron chi connectivity index (χ3n) is 5.62. The van der Waals surface area contributed by atoms with Crippen LogP contribution >= 0.6 is 11.8 Å². The van der Waals surface area contributed by atoms with Crippen LogP contribution in [-0.2, 0) is 14.6 Å². The van der Waals surface area contributed by atoms with Crippen molar-refractivity contribution in [3.8, 4) is 5.69 Å². The van der Waals surface area contributed by atoms with Gasteiger partial charge in [-0.05, 0) is 54.3 Å². The number of aryl methyl sites for hydroxylation is 1. The SMILES string of the molecule is Cc1cccc(-n2nnnc2SCC(=O)N(C2CCCC2)C2CCS(=O)(=O)C2)c1. The van der Waals surface area contributed by atoms with Crippen LogP contribution in [0.15, 0.2) is 29.4 Å². The molecule has 2 heterocycles. The van der Waals surface area contributed by atoms with E-state index in [2.05, 4.69) is 15.5 Å². The first-order valence-corrected chi connectivity index (χ1v) is 12.7. The van der Waals surface area contributed by atoms with E-state index in [1.165, 1.54) is 11.8 Å². The Bertz CT molecular complexity index is 985. The van der Waals surface area contributed by atoms with E-state index in [0.717, 1.165) is 36.9 Å². The van der Waals surface area contributed by atoms with E-state index in [0.29, 0.717) is 11.6 Å². The smallest absolute Gasteiger partial charge is 0.233 e. The second-order valence-corrected chi connectivity index (χ2v) is 11.0. The Hall–Kier alpha value is -1.94. The van der Waals surface area contributed by atoms with Crippen LogP contribution in [0.3, 0.4) is 0 Å². The molecule has 0 radical (unpaired) electrons. The van der Waals surface area contributed by atoms with Crippen LogP contribution in [0.1, 0.15) is 37.7 Å². The van der Waals surface area contributed by atoms with Gasteiger partial charge in [0.15, 0.2) is 9.84 Å². The summed E-state index contributed by atoms with van der Waals surface area (Å²) in [4.78, 5) is 15.0. The van der Waals surface area contributed by atoms with Crippen LogP contribution in [0.25, 0.3) is 5.69 Å². The summed E-state index contributed by atoms with van der Waals surface area (Å²) in [6, 6.07) is 7.78. The normalized spacial score (nSPS) is 21.5. The molecular formula is C19H25N5O3S2. The molecule has 1 saturated heterocycles. The van der Waals surface area contributed by atoms with Crippen molar-refractivity contribution in [2.45, 2.75) is 56.3 Å². The number of tetrazole rings is 1. The standard InChI is InChI=1S/C19H25N5O3S2/c1-14-5-4-8-16(11-14)24-19(20-21-22-24)28-12-18(25)23(15-6-2-3-7-15)17-9-10-29(26,27)13-17/h4-5,8,11,15,17H,2-3,6-7,9-10,12-13H2,1H3. The largest absolute Gasteiger partial charge is 0.335 e. The van der Waals surface area contributed by atoms with Gasteiger partial charge in [-0.15, -0.1) is 5.10 Å². The molecule has 4 rings (SSSR count). The molecule has 1 amide bonds. The van der Waals surface area contributed by atoms with Crippen LogP contribution in [0, 0.1) is 6.92 Å². The van der Waals surface area contributed by atoms with Gasteiger partial charge in [-0.2, -0.15) is 4.68 Å². The first-order valence-electron chi connectivity index (χ1n) is 9.93. The van der Waals surface area contributed by atoms with Gasteiger partial charge in [-0.1, -0.05) is 36.7 Å². The lowest BCUT2D eigenvalue weighted by Crippen LogP contribution is -2.47. The highest BCUT2D eigenvalue weighted by Crippen LogP contribution is 2.30. The van der Waals surface area contributed by atoms with Crippen LogP contribution < -0.4 is 0 Å². The molecule has 10 heteroatoms. The summed E-state index contributed by atoms with van der Waals surface area (Å²) in [5.41, 5.74) is 1.94. The topological polar surface area (TPSA) is 98.1 Å². The van der Waals surface area contributed by atoms with Crippen molar-refractivity contribution in [3.05, 3.63) is 29.8 Å². The number of hydrogen-bond acceptors (Lipinski definition) is 7. The summed E-state index contributed by atoms with van der Waals surface area (Å²) in [7, 11) is -3.05. The number of sulfone groups is 1. The molecule has 8 nitrogen and oxygen atoms in total. The molecule has 29 heavy (non-hydrogen) atoms. The average molecular weight is 436 g/mol. The molecule has 0 spiro atoms. The number of rotatable bonds is 6. The Morgan fingerprint density at radius 2 is 2.03 bits per heavy atom. The van der Waals surface area contributed by atoms with E-state index in [1.54, 1.807) is 4.68 Å². The minimum atomic E-state index is -3.05. The number of thioether (sulfide) groups is 1. The van der Waals surface area contributed by atoms with Crippen LogP contribution in [0.5, 0.6) is 0 Å². The van der Waals surface area contributed by atoms with Gasteiger partial charge in [0.2, 0.25) is 11.1 Å². The van der Waals surface area contributed by atoms with Gasteiger partial charge in [0.25, 0.3) is 0 Å². The van der Waals surface area contributed by atoms with Crippen molar-refractivity contribution in [3.63, 3.8) is 0 Å². The van der Waals surface area contributed by atoms with Gasteiger partial charge in [0, 0.05) is 12.1 Å². The molecule has 0 bridgehead atoms. The van der Waals surface area contributed by atoms with Crippen LogP contribution in [0.2, 0.25) is 0 Å². The second-order valence-electron chi connectivity index (χ2n) is 7.80. The Labute approximate surface area is 175 Å². The van der Waals surface area contributed by atoms with E-state index < -0.39 is 9.84 Å². The zero-order valence-electron chi connectivity index (χ0n) is 16.4. The Kier molecular flexibility index (Phi) is 5.91. The molecule has 1 aromatic carbocycles. The van der Waals surface area contributed by atoms with Gasteiger partial charge < -0.3 is 4.90 Å². The van der Waals surface area contributed by atoms with Gasteiger partial charge in [0.1, 0.15) is 0 Å². The number of aromatic nitrogens is 4. The predicted molar refractivity (Wildman–Crippen MR) is 111 cm³/mol. The molecule has 1 unspecified atom stereocenters. The maximum Gasteiger partial charge on any atom is 0.233 e. The van der Waals surface area contributed by atoms with E-state index in [-0.39, 0.29) is 35.2 Å².